The van der Waals surface area contributed by atoms with Crippen LogP contribution >= 0.6 is 0 Å². The smallest absolute Gasteiger partial charge is 0.329 e. The van der Waals surface area contributed by atoms with Crippen molar-refractivity contribution in [1.82, 2.24) is 20.2 Å². The van der Waals surface area contributed by atoms with Crippen LogP contribution in [0.1, 0.15) is 25.0 Å². The van der Waals surface area contributed by atoms with E-state index < -0.39 is 36.1 Å². The van der Waals surface area contributed by atoms with Gasteiger partial charge in [-0.3, -0.25) is 20.0 Å². The first kappa shape index (κ1) is 22.3. The highest BCUT2D eigenvalue weighted by Crippen LogP contribution is 2.57. The largest absolute Gasteiger partial charge is 0.456 e. The highest BCUT2D eigenvalue weighted by atomic mass is 19.3. The maximum absolute atomic E-state index is 13.3. The molecule has 1 aliphatic carbocycles. The van der Waals surface area contributed by atoms with Crippen LogP contribution in [0.15, 0.2) is 42.9 Å². The van der Waals surface area contributed by atoms with E-state index in [2.05, 4.69) is 20.6 Å². The Morgan fingerprint density at radius 1 is 1.24 bits per heavy atom. The van der Waals surface area contributed by atoms with Gasteiger partial charge in [-0.15, -0.1) is 0 Å². The lowest BCUT2D eigenvalue weighted by Gasteiger charge is -2.42. The number of nitrogens with zero attached hydrogens (tertiary/aromatic N) is 3. The van der Waals surface area contributed by atoms with Crippen LogP contribution in [0.4, 0.5) is 19.4 Å². The number of amides is 3. The summed E-state index contributed by atoms with van der Waals surface area (Å²) >= 11 is 0. The molecule has 0 aromatic carbocycles. The van der Waals surface area contributed by atoms with Crippen molar-refractivity contribution in [3.05, 3.63) is 48.6 Å². The van der Waals surface area contributed by atoms with Gasteiger partial charge in [-0.1, -0.05) is 0 Å². The number of carbonyl (C=O) groups excluding carboxylic acids is 2. The number of alkyl halides is 2. The standard InChI is InChI=1S/C22H22F2N6O3/c1-26-10-14(9-25)17-8-15(4-6-27-17)33-16-2-3-18(28-11-16)29-20(32)30-7-5-21(19(30)31)12-22(23,24)13-21/h2-4,6,8-11,25-26H,5,7,12-13H2,1H3,(H,28,29,32)/b14-10+,25-9?. The molecule has 11 heteroatoms. The Labute approximate surface area is 188 Å². The van der Waals surface area contributed by atoms with Gasteiger partial charge in [0.1, 0.15) is 17.3 Å². The molecule has 33 heavy (non-hydrogen) atoms. The van der Waals surface area contributed by atoms with E-state index in [1.807, 2.05) is 0 Å². The van der Waals surface area contributed by atoms with E-state index in [0.717, 1.165) is 4.90 Å². The third-order valence-corrected chi connectivity index (χ3v) is 5.64. The van der Waals surface area contributed by atoms with E-state index >= 15 is 0 Å². The number of carbonyl (C=O) groups is 2. The SMILES string of the molecule is CN/C=C(\C=N)c1cc(Oc2ccc(NC(=O)N3CCC4(CC(F)(F)C4)C3=O)nc2)ccn1. The lowest BCUT2D eigenvalue weighted by molar-refractivity contribution is -0.176. The number of pyridine rings is 2. The second kappa shape index (κ2) is 8.57. The number of imide groups is 1. The minimum Gasteiger partial charge on any atom is -0.456 e. The molecular formula is C22H22F2N6O3. The van der Waals surface area contributed by atoms with E-state index in [9.17, 15) is 18.4 Å². The Kier molecular flexibility index (Phi) is 5.79. The summed E-state index contributed by atoms with van der Waals surface area (Å²) in [4.78, 5) is 34.3. The second-order valence-corrected chi connectivity index (χ2v) is 8.02. The van der Waals surface area contributed by atoms with E-state index in [1.165, 1.54) is 18.5 Å². The fourth-order valence-corrected chi connectivity index (χ4v) is 4.09. The lowest BCUT2D eigenvalue weighted by atomic mass is 9.65. The van der Waals surface area contributed by atoms with Crippen LogP contribution in [0.2, 0.25) is 0 Å². The summed E-state index contributed by atoms with van der Waals surface area (Å²) in [6.45, 7) is 0.103. The number of allylic oxidation sites excluding steroid dienone is 1. The molecule has 1 saturated heterocycles. The molecular weight excluding hydrogens is 434 g/mol. The predicted octanol–water partition coefficient (Wildman–Crippen LogP) is 3.66. The molecule has 2 aliphatic rings. The Morgan fingerprint density at radius 2 is 2.03 bits per heavy atom. The van der Waals surface area contributed by atoms with Gasteiger partial charge in [-0.2, -0.15) is 0 Å². The Balaban J connectivity index is 1.37. The van der Waals surface area contributed by atoms with Gasteiger partial charge in [0.25, 0.3) is 0 Å². The zero-order chi connectivity index (χ0) is 23.6. The molecule has 1 aliphatic heterocycles. The molecule has 3 amide bonds. The van der Waals surface area contributed by atoms with Crippen LogP contribution in [0.25, 0.3) is 5.57 Å². The van der Waals surface area contributed by atoms with Crippen molar-refractivity contribution in [2.24, 2.45) is 5.41 Å². The van der Waals surface area contributed by atoms with E-state index in [1.54, 1.807) is 37.6 Å². The van der Waals surface area contributed by atoms with E-state index in [4.69, 9.17) is 10.1 Å². The molecule has 3 heterocycles. The zero-order valence-corrected chi connectivity index (χ0v) is 17.8. The van der Waals surface area contributed by atoms with Crippen molar-refractivity contribution < 1.29 is 23.1 Å². The summed E-state index contributed by atoms with van der Waals surface area (Å²) in [7, 11) is 1.72. The first-order valence-electron chi connectivity index (χ1n) is 10.2. The third-order valence-electron chi connectivity index (χ3n) is 5.64. The normalized spacial score (nSPS) is 18.6. The number of aromatic nitrogens is 2. The van der Waals surface area contributed by atoms with Crippen LogP contribution in [0, 0.1) is 10.8 Å². The van der Waals surface area contributed by atoms with Gasteiger partial charge < -0.3 is 15.5 Å². The fraction of sp³-hybridized carbons (Fsp3) is 0.318. The number of halogens is 2. The number of ether oxygens (including phenoxy) is 1. The van der Waals surface area contributed by atoms with Gasteiger partial charge in [-0.25, -0.2) is 18.6 Å². The number of urea groups is 1. The second-order valence-electron chi connectivity index (χ2n) is 8.02. The summed E-state index contributed by atoms with van der Waals surface area (Å²) in [5.41, 5.74) is 0.00367. The fourth-order valence-electron chi connectivity index (χ4n) is 4.09. The maximum Gasteiger partial charge on any atom is 0.329 e. The Bertz CT molecular complexity index is 1110. The predicted molar refractivity (Wildman–Crippen MR) is 116 cm³/mol. The van der Waals surface area contributed by atoms with Crippen LogP contribution < -0.4 is 15.4 Å². The number of anilines is 1. The van der Waals surface area contributed by atoms with Gasteiger partial charge in [0.15, 0.2) is 0 Å². The summed E-state index contributed by atoms with van der Waals surface area (Å²) in [6, 6.07) is 5.72. The van der Waals surface area contributed by atoms with E-state index in [0.29, 0.717) is 22.8 Å². The van der Waals surface area contributed by atoms with Gasteiger partial charge in [0, 0.05) is 56.7 Å². The molecule has 0 unspecified atom stereocenters. The van der Waals surface area contributed by atoms with Crippen molar-refractivity contribution in [3.63, 3.8) is 0 Å². The monoisotopic (exact) mass is 456 g/mol. The molecule has 1 saturated carbocycles. The number of hydrogen-bond donors (Lipinski definition) is 3. The van der Waals surface area contributed by atoms with Gasteiger partial charge in [0.2, 0.25) is 11.8 Å². The molecule has 0 atom stereocenters. The summed E-state index contributed by atoms with van der Waals surface area (Å²) in [6.07, 6.45) is 5.00. The average Bonchev–Trinajstić information content (AvgIpc) is 3.09. The van der Waals surface area contributed by atoms with Gasteiger partial charge in [-0.05, 0) is 24.6 Å². The highest BCUT2D eigenvalue weighted by molar-refractivity contribution is 6.07. The minimum atomic E-state index is -2.83. The molecule has 3 N–H and O–H groups in total. The third kappa shape index (κ3) is 4.52. The van der Waals surface area contributed by atoms with Gasteiger partial charge >= 0.3 is 6.03 Å². The molecule has 2 aromatic heterocycles. The number of rotatable bonds is 6. The minimum absolute atomic E-state index is 0.103. The van der Waals surface area contributed by atoms with Crippen molar-refractivity contribution in [3.8, 4) is 11.5 Å². The molecule has 2 aromatic rings. The lowest BCUT2D eigenvalue weighted by Crippen LogP contribution is -2.52. The average molecular weight is 456 g/mol. The van der Waals surface area contributed by atoms with Crippen LogP contribution in [0.5, 0.6) is 11.5 Å². The first-order chi connectivity index (χ1) is 15.7. The van der Waals surface area contributed by atoms with Crippen molar-refractivity contribution in [2.45, 2.75) is 25.2 Å². The van der Waals surface area contributed by atoms with Crippen LogP contribution in [-0.4, -0.2) is 52.5 Å². The maximum atomic E-state index is 13.3. The Hall–Kier alpha value is -3.89. The topological polar surface area (TPSA) is 120 Å². The summed E-state index contributed by atoms with van der Waals surface area (Å²) in [5, 5.41) is 12.9. The molecule has 9 nitrogen and oxygen atoms in total. The number of nitrogens with one attached hydrogen (secondary N) is 3. The molecule has 4 rings (SSSR count). The molecule has 2 fully saturated rings. The number of hydrogen-bond acceptors (Lipinski definition) is 7. The van der Waals surface area contributed by atoms with Crippen molar-refractivity contribution in [1.29, 1.82) is 5.41 Å². The van der Waals surface area contributed by atoms with E-state index in [-0.39, 0.29) is 18.8 Å². The summed E-state index contributed by atoms with van der Waals surface area (Å²) in [5.74, 6) is -2.33. The highest BCUT2D eigenvalue weighted by Gasteiger charge is 2.64. The summed E-state index contributed by atoms with van der Waals surface area (Å²) < 4.78 is 32.3. The molecule has 0 radical (unpaired) electrons. The Morgan fingerprint density at radius 3 is 2.67 bits per heavy atom. The molecule has 172 valence electrons. The molecule has 0 bridgehead atoms. The number of likely N-dealkylation sites (tertiary alicyclic amines) is 1. The quantitative estimate of drug-likeness (QED) is 0.571. The van der Waals surface area contributed by atoms with Crippen LogP contribution in [-0.2, 0) is 4.79 Å². The zero-order valence-electron chi connectivity index (χ0n) is 17.8. The van der Waals surface area contributed by atoms with Gasteiger partial charge in [0.05, 0.1) is 17.3 Å². The van der Waals surface area contributed by atoms with Crippen molar-refractivity contribution >= 4 is 29.5 Å². The molecule has 1 spiro atoms. The van der Waals surface area contributed by atoms with Crippen LogP contribution in [0.3, 0.4) is 0 Å². The first-order valence-corrected chi connectivity index (χ1v) is 10.2. The van der Waals surface area contributed by atoms with Crippen molar-refractivity contribution in [2.75, 3.05) is 18.9 Å².